The van der Waals surface area contributed by atoms with Crippen molar-refractivity contribution in [3.05, 3.63) is 59.7 Å². The summed E-state index contributed by atoms with van der Waals surface area (Å²) in [5.74, 6) is 0.910. The fourth-order valence-corrected chi connectivity index (χ4v) is 2.04. The molecule has 0 aromatic heterocycles. The molecule has 0 bridgehead atoms. The van der Waals surface area contributed by atoms with Crippen LogP contribution in [0.25, 0.3) is 0 Å². The molecule has 0 saturated carbocycles. The highest BCUT2D eigenvalue weighted by molar-refractivity contribution is 5.82. The molecule has 2 aromatic carbocycles. The van der Waals surface area contributed by atoms with Crippen molar-refractivity contribution in [2.24, 2.45) is 5.10 Å². The Morgan fingerprint density at radius 3 is 2.52 bits per heavy atom. The van der Waals surface area contributed by atoms with Gasteiger partial charge in [0.15, 0.2) is 0 Å². The molecule has 0 atom stereocenters. The number of carbonyl (C=O) groups excluding carboxylic acids is 1. The number of benzene rings is 2. The van der Waals surface area contributed by atoms with Crippen molar-refractivity contribution in [2.45, 2.75) is 19.3 Å². The first-order valence-corrected chi connectivity index (χ1v) is 7.41. The van der Waals surface area contributed by atoms with E-state index in [2.05, 4.69) is 10.5 Å². The molecule has 2 rings (SSSR count). The summed E-state index contributed by atoms with van der Waals surface area (Å²) in [4.78, 5) is 11.7. The second kappa shape index (κ2) is 8.58. The second-order valence-electron chi connectivity index (χ2n) is 5.09. The van der Waals surface area contributed by atoms with E-state index in [1.54, 1.807) is 25.5 Å². The SMILES string of the molecule is COc1ccc(C=NNC(=O)CCCc2ccc(O)cc2)cc1. The summed E-state index contributed by atoms with van der Waals surface area (Å²) < 4.78 is 5.07. The van der Waals surface area contributed by atoms with Crippen molar-refractivity contribution in [1.29, 1.82) is 0 Å². The third-order valence-corrected chi connectivity index (χ3v) is 3.32. The van der Waals surface area contributed by atoms with Gasteiger partial charge in [-0.25, -0.2) is 5.43 Å². The Balaban J connectivity index is 1.69. The van der Waals surface area contributed by atoms with Gasteiger partial charge in [0.25, 0.3) is 0 Å². The lowest BCUT2D eigenvalue weighted by molar-refractivity contribution is -0.121. The number of rotatable bonds is 7. The van der Waals surface area contributed by atoms with E-state index in [1.165, 1.54) is 0 Å². The fraction of sp³-hybridized carbons (Fsp3) is 0.222. The first-order valence-electron chi connectivity index (χ1n) is 7.41. The van der Waals surface area contributed by atoms with E-state index in [9.17, 15) is 9.90 Å². The third kappa shape index (κ3) is 5.82. The first kappa shape index (κ1) is 16.5. The number of ether oxygens (including phenoxy) is 1. The molecule has 120 valence electrons. The number of hydrogen-bond acceptors (Lipinski definition) is 4. The molecule has 0 heterocycles. The quantitative estimate of drug-likeness (QED) is 0.610. The van der Waals surface area contributed by atoms with Crippen molar-refractivity contribution in [3.8, 4) is 11.5 Å². The predicted octanol–water partition coefficient (Wildman–Crippen LogP) is 2.87. The molecule has 0 spiro atoms. The third-order valence-electron chi connectivity index (χ3n) is 3.32. The number of carbonyl (C=O) groups is 1. The molecule has 5 heteroatoms. The molecule has 2 aromatic rings. The monoisotopic (exact) mass is 312 g/mol. The van der Waals surface area contributed by atoms with Gasteiger partial charge in [-0.05, 0) is 60.4 Å². The number of phenols is 1. The largest absolute Gasteiger partial charge is 0.508 e. The Hall–Kier alpha value is -2.82. The van der Waals surface area contributed by atoms with Gasteiger partial charge in [-0.1, -0.05) is 12.1 Å². The number of aromatic hydroxyl groups is 1. The molecule has 0 unspecified atom stereocenters. The van der Waals surface area contributed by atoms with Gasteiger partial charge in [0.2, 0.25) is 5.91 Å². The van der Waals surface area contributed by atoms with Crippen molar-refractivity contribution >= 4 is 12.1 Å². The van der Waals surface area contributed by atoms with E-state index in [4.69, 9.17) is 4.74 Å². The van der Waals surface area contributed by atoms with Gasteiger partial charge in [-0.2, -0.15) is 5.10 Å². The molecule has 0 aliphatic rings. The highest BCUT2D eigenvalue weighted by Gasteiger charge is 2.00. The number of nitrogens with zero attached hydrogens (tertiary/aromatic N) is 1. The van der Waals surface area contributed by atoms with Crippen LogP contribution in [0.2, 0.25) is 0 Å². The number of methoxy groups -OCH3 is 1. The molecule has 2 N–H and O–H groups in total. The first-order chi connectivity index (χ1) is 11.2. The zero-order valence-electron chi connectivity index (χ0n) is 13.0. The lowest BCUT2D eigenvalue weighted by atomic mass is 10.1. The second-order valence-corrected chi connectivity index (χ2v) is 5.09. The van der Waals surface area contributed by atoms with Crippen molar-refractivity contribution in [3.63, 3.8) is 0 Å². The Morgan fingerprint density at radius 2 is 1.87 bits per heavy atom. The van der Waals surface area contributed by atoms with Gasteiger partial charge < -0.3 is 9.84 Å². The van der Waals surface area contributed by atoms with Crippen molar-refractivity contribution in [2.75, 3.05) is 7.11 Å². The molecule has 1 amide bonds. The average molecular weight is 312 g/mol. The van der Waals surface area contributed by atoms with E-state index >= 15 is 0 Å². The van der Waals surface area contributed by atoms with E-state index in [0.29, 0.717) is 6.42 Å². The number of nitrogens with one attached hydrogen (secondary N) is 1. The maximum Gasteiger partial charge on any atom is 0.240 e. The maximum atomic E-state index is 11.7. The summed E-state index contributed by atoms with van der Waals surface area (Å²) in [5, 5.41) is 13.1. The normalized spacial score (nSPS) is 10.7. The smallest absolute Gasteiger partial charge is 0.240 e. The van der Waals surface area contributed by atoms with Crippen LogP contribution in [0.1, 0.15) is 24.0 Å². The zero-order chi connectivity index (χ0) is 16.5. The molecule has 23 heavy (non-hydrogen) atoms. The van der Waals surface area contributed by atoms with Crippen LogP contribution >= 0.6 is 0 Å². The zero-order valence-corrected chi connectivity index (χ0v) is 13.0. The minimum atomic E-state index is -0.117. The number of hydrogen-bond donors (Lipinski definition) is 2. The minimum Gasteiger partial charge on any atom is -0.508 e. The van der Waals surface area contributed by atoms with Crippen molar-refractivity contribution < 1.29 is 14.6 Å². The van der Waals surface area contributed by atoms with E-state index in [1.807, 2.05) is 36.4 Å². The van der Waals surface area contributed by atoms with Gasteiger partial charge in [-0.3, -0.25) is 4.79 Å². The highest BCUT2D eigenvalue weighted by atomic mass is 16.5. The molecule has 5 nitrogen and oxygen atoms in total. The van der Waals surface area contributed by atoms with Crippen LogP contribution in [0.15, 0.2) is 53.6 Å². The minimum absolute atomic E-state index is 0.117. The van der Waals surface area contributed by atoms with E-state index in [0.717, 1.165) is 29.7 Å². The fourth-order valence-electron chi connectivity index (χ4n) is 2.04. The standard InChI is InChI=1S/C18H20N2O3/c1-23-17-11-7-15(8-12-17)13-19-20-18(22)4-2-3-14-5-9-16(21)10-6-14/h5-13,21H,2-4H2,1H3,(H,20,22). The van der Waals surface area contributed by atoms with Crippen LogP contribution in [0, 0.1) is 0 Å². The van der Waals surface area contributed by atoms with Crippen molar-refractivity contribution in [1.82, 2.24) is 5.43 Å². The number of aryl methyl sites for hydroxylation is 1. The summed E-state index contributed by atoms with van der Waals surface area (Å²) in [6, 6.07) is 14.4. The van der Waals surface area contributed by atoms with E-state index in [-0.39, 0.29) is 11.7 Å². The summed E-state index contributed by atoms with van der Waals surface area (Å²) >= 11 is 0. The number of phenolic OH excluding ortho intramolecular Hbond substituents is 1. The Labute approximate surface area is 135 Å². The Morgan fingerprint density at radius 1 is 1.17 bits per heavy atom. The van der Waals surface area contributed by atoms with E-state index < -0.39 is 0 Å². The molecule has 0 aliphatic heterocycles. The summed E-state index contributed by atoms with van der Waals surface area (Å²) in [5.41, 5.74) is 4.49. The summed E-state index contributed by atoms with van der Waals surface area (Å²) in [6.45, 7) is 0. The average Bonchev–Trinajstić information content (AvgIpc) is 2.57. The lowest BCUT2D eigenvalue weighted by Gasteiger charge is -2.02. The van der Waals surface area contributed by atoms with Gasteiger partial charge >= 0.3 is 0 Å². The highest BCUT2D eigenvalue weighted by Crippen LogP contribution is 2.12. The Kier molecular flexibility index (Phi) is 6.17. The summed E-state index contributed by atoms with van der Waals surface area (Å²) in [7, 11) is 1.61. The van der Waals surface area contributed by atoms with Crippen LogP contribution in [0.5, 0.6) is 11.5 Å². The number of hydrazone groups is 1. The molecule has 0 aliphatic carbocycles. The van der Waals surface area contributed by atoms with Crippen LogP contribution in [-0.2, 0) is 11.2 Å². The molecule has 0 saturated heterocycles. The molecular formula is C18H20N2O3. The van der Waals surface area contributed by atoms with Gasteiger partial charge in [-0.15, -0.1) is 0 Å². The lowest BCUT2D eigenvalue weighted by Crippen LogP contribution is -2.17. The van der Waals surface area contributed by atoms with Crippen LogP contribution in [0.4, 0.5) is 0 Å². The number of amides is 1. The maximum absolute atomic E-state index is 11.7. The molecular weight excluding hydrogens is 292 g/mol. The predicted molar refractivity (Wildman–Crippen MR) is 89.8 cm³/mol. The topological polar surface area (TPSA) is 70.9 Å². The summed E-state index contributed by atoms with van der Waals surface area (Å²) in [6.07, 6.45) is 3.52. The van der Waals surface area contributed by atoms with Crippen LogP contribution < -0.4 is 10.2 Å². The van der Waals surface area contributed by atoms with Crippen LogP contribution in [-0.4, -0.2) is 24.3 Å². The van der Waals surface area contributed by atoms with Gasteiger partial charge in [0.05, 0.1) is 13.3 Å². The Bertz CT molecular complexity index is 649. The van der Waals surface area contributed by atoms with Crippen LogP contribution in [0.3, 0.4) is 0 Å². The van der Waals surface area contributed by atoms with Gasteiger partial charge in [0, 0.05) is 6.42 Å². The van der Waals surface area contributed by atoms with Gasteiger partial charge in [0.1, 0.15) is 11.5 Å². The molecule has 0 radical (unpaired) electrons. The molecule has 0 fully saturated rings.